The van der Waals surface area contributed by atoms with E-state index < -0.39 is 0 Å². The Morgan fingerprint density at radius 1 is 1.30 bits per heavy atom. The average molecular weight is 272 g/mol. The quantitative estimate of drug-likeness (QED) is 0.828. The van der Waals surface area contributed by atoms with Crippen molar-refractivity contribution in [1.82, 2.24) is 5.32 Å². The van der Waals surface area contributed by atoms with Gasteiger partial charge in [0.25, 0.3) is 5.91 Å². The van der Waals surface area contributed by atoms with Gasteiger partial charge in [-0.2, -0.15) is 0 Å². The molecule has 3 heteroatoms. The van der Waals surface area contributed by atoms with Crippen LogP contribution in [0, 0.1) is 18.8 Å². The molecule has 1 aromatic rings. The Kier molecular flexibility index (Phi) is 5.79. The minimum atomic E-state index is -0.163. The predicted octanol–water partition coefficient (Wildman–Crippen LogP) is 2.61. The van der Waals surface area contributed by atoms with Crippen LogP contribution in [-0.2, 0) is 0 Å². The number of carbonyl (C=O) groups excluding carboxylic acids is 1. The number of benzene rings is 1. The molecule has 108 valence electrons. The normalized spacial score (nSPS) is 10.7. The van der Waals surface area contributed by atoms with Crippen molar-refractivity contribution in [3.63, 3.8) is 0 Å². The second kappa shape index (κ2) is 7.12. The average Bonchev–Trinajstić information content (AvgIpc) is 2.44. The summed E-state index contributed by atoms with van der Waals surface area (Å²) in [6.07, 6.45) is 1.81. The summed E-state index contributed by atoms with van der Waals surface area (Å²) in [6, 6.07) is 5.66. The van der Waals surface area contributed by atoms with Crippen molar-refractivity contribution in [3.05, 3.63) is 34.9 Å². The van der Waals surface area contributed by atoms with E-state index in [1.54, 1.807) is 0 Å². The molecule has 3 N–H and O–H groups in total. The van der Waals surface area contributed by atoms with Crippen LogP contribution in [0.3, 0.4) is 0 Å². The van der Waals surface area contributed by atoms with Gasteiger partial charge in [0, 0.05) is 16.7 Å². The van der Waals surface area contributed by atoms with Crippen molar-refractivity contribution in [2.75, 3.05) is 6.54 Å². The lowest BCUT2D eigenvalue weighted by atomic mass is 9.94. The number of nitrogens with two attached hydrogens (primary N) is 1. The number of nitrogens with one attached hydrogen (secondary N) is 1. The van der Waals surface area contributed by atoms with Crippen LogP contribution in [0.15, 0.2) is 18.2 Å². The van der Waals surface area contributed by atoms with Crippen LogP contribution in [0.4, 0.5) is 0 Å². The zero-order valence-corrected chi connectivity index (χ0v) is 12.8. The van der Waals surface area contributed by atoms with Crippen molar-refractivity contribution in [3.8, 4) is 11.8 Å². The summed E-state index contributed by atoms with van der Waals surface area (Å²) in [7, 11) is 0. The fraction of sp³-hybridized carbons (Fsp3) is 0.471. The Hall–Kier alpha value is -1.79. The molecule has 20 heavy (non-hydrogen) atoms. The highest BCUT2D eigenvalue weighted by molar-refractivity contribution is 5.95. The van der Waals surface area contributed by atoms with Crippen LogP contribution in [-0.4, -0.2) is 18.0 Å². The molecule has 0 unspecified atom stereocenters. The van der Waals surface area contributed by atoms with E-state index in [9.17, 15) is 4.79 Å². The molecule has 0 aliphatic carbocycles. The molecule has 1 amide bonds. The third-order valence-electron chi connectivity index (χ3n) is 3.65. The molecule has 0 fully saturated rings. The zero-order valence-electron chi connectivity index (χ0n) is 12.8. The van der Waals surface area contributed by atoms with Gasteiger partial charge in [-0.3, -0.25) is 4.79 Å². The fourth-order valence-electron chi connectivity index (χ4n) is 1.91. The molecule has 0 aliphatic heterocycles. The first-order valence-electron chi connectivity index (χ1n) is 7.07. The van der Waals surface area contributed by atoms with E-state index in [0.717, 1.165) is 24.0 Å². The van der Waals surface area contributed by atoms with Gasteiger partial charge >= 0.3 is 0 Å². The molecule has 0 radical (unpaired) electrons. The van der Waals surface area contributed by atoms with Crippen LogP contribution < -0.4 is 11.1 Å². The van der Waals surface area contributed by atoms with Crippen LogP contribution >= 0.6 is 0 Å². The second-order valence-corrected chi connectivity index (χ2v) is 5.32. The summed E-state index contributed by atoms with van der Waals surface area (Å²) in [5.74, 6) is 5.75. The van der Waals surface area contributed by atoms with Crippen LogP contribution in [0.5, 0.6) is 0 Å². The highest BCUT2D eigenvalue weighted by Gasteiger charge is 2.22. The van der Waals surface area contributed by atoms with Crippen molar-refractivity contribution in [2.24, 2.45) is 5.73 Å². The Morgan fingerprint density at radius 3 is 2.50 bits per heavy atom. The van der Waals surface area contributed by atoms with Gasteiger partial charge in [0.15, 0.2) is 0 Å². The lowest BCUT2D eigenvalue weighted by molar-refractivity contribution is 0.0901. The second-order valence-electron chi connectivity index (χ2n) is 5.32. The number of rotatable bonds is 4. The number of carbonyl (C=O) groups is 1. The minimum Gasteiger partial charge on any atom is -0.347 e. The molecule has 1 rings (SSSR count). The third kappa shape index (κ3) is 4.40. The van der Waals surface area contributed by atoms with E-state index in [1.165, 1.54) is 0 Å². The Bertz CT molecular complexity index is 534. The predicted molar refractivity (Wildman–Crippen MR) is 83.6 cm³/mol. The number of hydrogen-bond acceptors (Lipinski definition) is 2. The maximum absolute atomic E-state index is 12.4. The van der Waals surface area contributed by atoms with Crippen molar-refractivity contribution in [2.45, 2.75) is 46.1 Å². The third-order valence-corrected chi connectivity index (χ3v) is 3.65. The van der Waals surface area contributed by atoms with Crippen molar-refractivity contribution < 1.29 is 4.79 Å². The van der Waals surface area contributed by atoms with Crippen LogP contribution in [0.25, 0.3) is 0 Å². The molecule has 0 spiro atoms. The van der Waals surface area contributed by atoms with E-state index in [2.05, 4.69) is 37.9 Å². The molecule has 0 saturated carbocycles. The maximum Gasteiger partial charge on any atom is 0.251 e. The molecular formula is C17H24N2O. The van der Waals surface area contributed by atoms with Crippen molar-refractivity contribution >= 4 is 5.91 Å². The first-order chi connectivity index (χ1) is 9.44. The topological polar surface area (TPSA) is 55.1 Å². The zero-order chi connectivity index (χ0) is 15.2. The molecule has 0 aromatic heterocycles. The Morgan fingerprint density at radius 2 is 1.95 bits per heavy atom. The SMILES string of the molecule is CCC(C)(CC)NC(=O)c1cc(C)cc(C#CCN)c1. The van der Waals surface area contributed by atoms with Gasteiger partial charge in [-0.25, -0.2) is 0 Å². The summed E-state index contributed by atoms with van der Waals surface area (Å²) in [6.45, 7) is 8.51. The van der Waals surface area contributed by atoms with Gasteiger partial charge in [0.05, 0.1) is 6.54 Å². The molecular weight excluding hydrogens is 248 g/mol. The summed E-state index contributed by atoms with van der Waals surface area (Å²) in [5, 5.41) is 3.11. The highest BCUT2D eigenvalue weighted by Crippen LogP contribution is 2.16. The Labute approximate surface area is 121 Å². The van der Waals surface area contributed by atoms with E-state index in [1.807, 2.05) is 25.1 Å². The van der Waals surface area contributed by atoms with Crippen LogP contribution in [0.2, 0.25) is 0 Å². The van der Waals surface area contributed by atoms with Gasteiger partial charge < -0.3 is 11.1 Å². The van der Waals surface area contributed by atoms with Crippen molar-refractivity contribution in [1.29, 1.82) is 0 Å². The number of hydrogen-bond donors (Lipinski definition) is 2. The summed E-state index contributed by atoms with van der Waals surface area (Å²) < 4.78 is 0. The Balaban J connectivity index is 3.01. The monoisotopic (exact) mass is 272 g/mol. The minimum absolute atomic E-state index is 0.0456. The van der Waals surface area contributed by atoms with Gasteiger partial charge in [0.1, 0.15) is 0 Å². The molecule has 0 heterocycles. The summed E-state index contributed by atoms with van der Waals surface area (Å²) in [5.41, 5.74) is 7.72. The number of aryl methyl sites for hydroxylation is 1. The lowest BCUT2D eigenvalue weighted by Crippen LogP contribution is -2.45. The van der Waals surface area contributed by atoms with Crippen LogP contribution in [0.1, 0.15) is 55.1 Å². The molecule has 3 nitrogen and oxygen atoms in total. The maximum atomic E-state index is 12.4. The van der Waals surface area contributed by atoms with E-state index in [-0.39, 0.29) is 11.4 Å². The first kappa shape index (κ1) is 16.3. The smallest absolute Gasteiger partial charge is 0.251 e. The van der Waals surface area contributed by atoms with Gasteiger partial charge in [-0.1, -0.05) is 25.7 Å². The number of amides is 1. The summed E-state index contributed by atoms with van der Waals surface area (Å²) >= 11 is 0. The highest BCUT2D eigenvalue weighted by atomic mass is 16.1. The fourth-order valence-corrected chi connectivity index (χ4v) is 1.91. The molecule has 1 aromatic carbocycles. The summed E-state index contributed by atoms with van der Waals surface area (Å²) in [4.78, 5) is 12.4. The lowest BCUT2D eigenvalue weighted by Gasteiger charge is -2.28. The first-order valence-corrected chi connectivity index (χ1v) is 7.07. The molecule has 0 atom stereocenters. The van der Waals surface area contributed by atoms with Gasteiger partial charge in [-0.15, -0.1) is 0 Å². The molecule has 0 saturated heterocycles. The van der Waals surface area contributed by atoms with Gasteiger partial charge in [0.2, 0.25) is 0 Å². The van der Waals surface area contributed by atoms with E-state index in [4.69, 9.17) is 5.73 Å². The molecule has 0 aliphatic rings. The largest absolute Gasteiger partial charge is 0.347 e. The van der Waals surface area contributed by atoms with E-state index >= 15 is 0 Å². The van der Waals surface area contributed by atoms with E-state index in [0.29, 0.717) is 12.1 Å². The standard InChI is InChI=1S/C17H24N2O/c1-5-17(4,6-2)19-16(20)15-11-13(3)10-14(12-15)8-7-9-18/h10-12H,5-6,9,18H2,1-4H3,(H,19,20). The molecule has 0 bridgehead atoms. The van der Waals surface area contributed by atoms with Gasteiger partial charge in [-0.05, 0) is 50.5 Å².